The Kier molecular flexibility index (Phi) is 4.31. The minimum atomic E-state index is -0.856. The number of hydrogen-bond acceptors (Lipinski definition) is 4. The van der Waals surface area contributed by atoms with E-state index in [0.717, 1.165) is 28.9 Å². The third kappa shape index (κ3) is 3.01. The van der Waals surface area contributed by atoms with Crippen LogP contribution in [0.1, 0.15) is 12.5 Å². The zero-order chi connectivity index (χ0) is 13.8. The summed E-state index contributed by atoms with van der Waals surface area (Å²) in [5.41, 5.74) is 0.958. The molecular formula is C13H13F2N3S. The van der Waals surface area contributed by atoms with Gasteiger partial charge >= 0.3 is 0 Å². The molecular weight excluding hydrogens is 268 g/mol. The normalized spacial score (nSPS) is 10.5. The zero-order valence-corrected chi connectivity index (χ0v) is 11.4. The van der Waals surface area contributed by atoms with Crippen LogP contribution in [-0.2, 0) is 6.42 Å². The average Bonchev–Trinajstić information content (AvgIpc) is 2.42. The second-order valence-electron chi connectivity index (χ2n) is 3.79. The summed E-state index contributed by atoms with van der Waals surface area (Å²) in [5.74, 6) is -0.952. The number of anilines is 1. The SMILES string of the molecule is CCc1c(NC)ncnc1Sc1ccc(F)c(F)c1. The highest BCUT2D eigenvalue weighted by atomic mass is 32.2. The summed E-state index contributed by atoms with van der Waals surface area (Å²) in [7, 11) is 1.79. The zero-order valence-electron chi connectivity index (χ0n) is 10.6. The fourth-order valence-corrected chi connectivity index (χ4v) is 2.66. The van der Waals surface area contributed by atoms with E-state index in [1.165, 1.54) is 30.2 Å². The topological polar surface area (TPSA) is 37.8 Å². The summed E-state index contributed by atoms with van der Waals surface area (Å²) >= 11 is 1.29. The molecule has 1 N–H and O–H groups in total. The molecule has 1 aromatic heterocycles. The van der Waals surface area contributed by atoms with Gasteiger partial charge in [-0.2, -0.15) is 0 Å². The Morgan fingerprint density at radius 1 is 1.21 bits per heavy atom. The summed E-state index contributed by atoms with van der Waals surface area (Å²) in [6.45, 7) is 1.99. The number of aromatic nitrogens is 2. The minimum Gasteiger partial charge on any atom is -0.373 e. The molecule has 6 heteroatoms. The van der Waals surface area contributed by atoms with E-state index in [9.17, 15) is 8.78 Å². The average molecular weight is 281 g/mol. The predicted octanol–water partition coefficient (Wildman–Crippen LogP) is 3.51. The smallest absolute Gasteiger partial charge is 0.159 e. The highest BCUT2D eigenvalue weighted by Gasteiger charge is 2.11. The molecule has 0 saturated carbocycles. The lowest BCUT2D eigenvalue weighted by Gasteiger charge is -2.10. The lowest BCUT2D eigenvalue weighted by Crippen LogP contribution is -2.01. The van der Waals surface area contributed by atoms with Crippen molar-refractivity contribution in [1.82, 2.24) is 9.97 Å². The van der Waals surface area contributed by atoms with E-state index >= 15 is 0 Å². The van der Waals surface area contributed by atoms with Crippen molar-refractivity contribution in [1.29, 1.82) is 0 Å². The first-order valence-electron chi connectivity index (χ1n) is 5.80. The van der Waals surface area contributed by atoms with Gasteiger partial charge in [-0.3, -0.25) is 0 Å². The van der Waals surface area contributed by atoms with Crippen molar-refractivity contribution in [2.45, 2.75) is 23.3 Å². The summed E-state index contributed by atoms with van der Waals surface area (Å²) < 4.78 is 26.1. The molecule has 100 valence electrons. The van der Waals surface area contributed by atoms with Gasteiger partial charge in [-0.1, -0.05) is 18.7 Å². The Morgan fingerprint density at radius 2 is 2.00 bits per heavy atom. The summed E-state index contributed by atoms with van der Waals surface area (Å²) in [6, 6.07) is 3.81. The number of rotatable bonds is 4. The van der Waals surface area contributed by atoms with Crippen LogP contribution in [0.25, 0.3) is 0 Å². The first kappa shape index (κ1) is 13.7. The standard InChI is InChI=1S/C13H13F2N3S/c1-3-9-12(16-2)17-7-18-13(9)19-8-4-5-10(14)11(15)6-8/h4-7H,3H2,1-2H3,(H,16,17,18). The molecule has 3 nitrogen and oxygen atoms in total. The van der Waals surface area contributed by atoms with Gasteiger partial charge in [-0.25, -0.2) is 18.7 Å². The first-order chi connectivity index (χ1) is 9.15. The van der Waals surface area contributed by atoms with E-state index in [-0.39, 0.29) is 0 Å². The Morgan fingerprint density at radius 3 is 2.63 bits per heavy atom. The highest BCUT2D eigenvalue weighted by Crippen LogP contribution is 2.32. The van der Waals surface area contributed by atoms with Crippen LogP contribution in [-0.4, -0.2) is 17.0 Å². The van der Waals surface area contributed by atoms with Crippen molar-refractivity contribution in [3.63, 3.8) is 0 Å². The monoisotopic (exact) mass is 281 g/mol. The Labute approximate surface area is 114 Å². The Bertz CT molecular complexity index is 590. The van der Waals surface area contributed by atoms with Crippen molar-refractivity contribution in [3.05, 3.63) is 41.7 Å². The lowest BCUT2D eigenvalue weighted by atomic mass is 10.2. The minimum absolute atomic E-state index is 0.606. The molecule has 0 bridgehead atoms. The van der Waals surface area contributed by atoms with Gasteiger partial charge in [0.2, 0.25) is 0 Å². The summed E-state index contributed by atoms with van der Waals surface area (Å²) in [5, 5.41) is 3.74. The van der Waals surface area contributed by atoms with Crippen molar-refractivity contribution in [2.24, 2.45) is 0 Å². The van der Waals surface area contributed by atoms with E-state index < -0.39 is 11.6 Å². The molecule has 0 unspecified atom stereocenters. The second-order valence-corrected chi connectivity index (χ2v) is 4.85. The maximum atomic E-state index is 13.2. The van der Waals surface area contributed by atoms with E-state index in [1.54, 1.807) is 7.05 Å². The van der Waals surface area contributed by atoms with Crippen molar-refractivity contribution in [2.75, 3.05) is 12.4 Å². The number of halogens is 2. The highest BCUT2D eigenvalue weighted by molar-refractivity contribution is 7.99. The van der Waals surface area contributed by atoms with Crippen LogP contribution in [0.3, 0.4) is 0 Å². The molecule has 0 fully saturated rings. The molecule has 0 aliphatic heterocycles. The van der Waals surface area contributed by atoms with Crippen molar-refractivity contribution in [3.8, 4) is 0 Å². The van der Waals surface area contributed by atoms with Gasteiger partial charge in [-0.15, -0.1) is 0 Å². The number of nitrogens with zero attached hydrogens (tertiary/aromatic N) is 2. The van der Waals surface area contributed by atoms with Crippen LogP contribution in [0, 0.1) is 11.6 Å². The largest absolute Gasteiger partial charge is 0.373 e. The van der Waals surface area contributed by atoms with Crippen molar-refractivity contribution < 1.29 is 8.78 Å². The van der Waals surface area contributed by atoms with Crippen LogP contribution in [0.4, 0.5) is 14.6 Å². The molecule has 2 rings (SSSR count). The second kappa shape index (κ2) is 5.97. The van der Waals surface area contributed by atoms with Crippen LogP contribution >= 0.6 is 11.8 Å². The van der Waals surface area contributed by atoms with E-state index in [4.69, 9.17) is 0 Å². The summed E-state index contributed by atoms with van der Waals surface area (Å²) in [6.07, 6.45) is 2.20. The maximum Gasteiger partial charge on any atom is 0.159 e. The van der Waals surface area contributed by atoms with Crippen LogP contribution < -0.4 is 5.32 Å². The number of nitrogens with one attached hydrogen (secondary N) is 1. The molecule has 1 heterocycles. The van der Waals surface area contributed by atoms with Gasteiger partial charge in [0.05, 0.1) is 0 Å². The molecule has 0 aliphatic carbocycles. The van der Waals surface area contributed by atoms with Crippen LogP contribution in [0.15, 0.2) is 34.4 Å². The van der Waals surface area contributed by atoms with Crippen LogP contribution in [0.5, 0.6) is 0 Å². The van der Waals surface area contributed by atoms with Gasteiger partial charge < -0.3 is 5.32 Å². The molecule has 0 amide bonds. The third-order valence-electron chi connectivity index (χ3n) is 2.60. The molecule has 0 aliphatic rings. The molecule has 0 radical (unpaired) electrons. The quantitative estimate of drug-likeness (QED) is 0.870. The number of benzene rings is 1. The van der Waals surface area contributed by atoms with Gasteiger partial charge in [0.25, 0.3) is 0 Å². The van der Waals surface area contributed by atoms with E-state index in [2.05, 4.69) is 15.3 Å². The molecule has 0 spiro atoms. The van der Waals surface area contributed by atoms with Crippen molar-refractivity contribution >= 4 is 17.6 Å². The number of hydrogen-bond donors (Lipinski definition) is 1. The lowest BCUT2D eigenvalue weighted by molar-refractivity contribution is 0.506. The fourth-order valence-electron chi connectivity index (χ4n) is 1.67. The molecule has 1 aromatic carbocycles. The van der Waals surface area contributed by atoms with E-state index in [0.29, 0.717) is 4.90 Å². The predicted molar refractivity (Wildman–Crippen MR) is 71.4 cm³/mol. The van der Waals surface area contributed by atoms with Crippen LogP contribution in [0.2, 0.25) is 0 Å². The maximum absolute atomic E-state index is 13.2. The third-order valence-corrected chi connectivity index (χ3v) is 3.64. The first-order valence-corrected chi connectivity index (χ1v) is 6.62. The fraction of sp³-hybridized carbons (Fsp3) is 0.231. The molecule has 0 atom stereocenters. The summed E-state index contributed by atoms with van der Waals surface area (Å²) in [4.78, 5) is 8.94. The van der Waals surface area contributed by atoms with E-state index in [1.807, 2.05) is 6.92 Å². The molecule has 2 aromatic rings. The van der Waals surface area contributed by atoms with Gasteiger partial charge in [0, 0.05) is 17.5 Å². The van der Waals surface area contributed by atoms with Gasteiger partial charge in [0.15, 0.2) is 11.6 Å². The van der Waals surface area contributed by atoms with Gasteiger partial charge in [-0.05, 0) is 24.6 Å². The Balaban J connectivity index is 2.35. The molecule has 0 saturated heterocycles. The molecule has 19 heavy (non-hydrogen) atoms. The van der Waals surface area contributed by atoms with Gasteiger partial charge in [0.1, 0.15) is 17.2 Å². The Hall–Kier alpha value is -1.69.